The molecule has 0 aromatic carbocycles. The summed E-state index contributed by atoms with van der Waals surface area (Å²) in [5, 5.41) is 0. The molecule has 1 amide bonds. The van der Waals surface area contributed by atoms with Crippen LogP contribution in [0.25, 0.3) is 0 Å². The van der Waals surface area contributed by atoms with Crippen molar-refractivity contribution < 1.29 is 14.0 Å². The number of hydrogen-bond acceptors (Lipinski definition) is 2. The summed E-state index contributed by atoms with van der Waals surface area (Å²) in [4.78, 5) is 24.2. The summed E-state index contributed by atoms with van der Waals surface area (Å²) in [5.41, 5.74) is -1.25. The van der Waals surface area contributed by atoms with E-state index in [1.165, 1.54) is 0 Å². The average molecular weight is 213 g/mol. The van der Waals surface area contributed by atoms with Crippen molar-refractivity contribution in [1.29, 1.82) is 0 Å². The van der Waals surface area contributed by atoms with E-state index in [2.05, 4.69) is 0 Å². The zero-order chi connectivity index (χ0) is 11.1. The van der Waals surface area contributed by atoms with Gasteiger partial charge in [0.05, 0.1) is 12.5 Å². The van der Waals surface area contributed by atoms with Gasteiger partial charge in [-0.25, -0.2) is 4.39 Å². The molecule has 1 heterocycles. The molecule has 2 aliphatic rings. The van der Waals surface area contributed by atoms with Gasteiger partial charge in [-0.1, -0.05) is 0 Å². The fraction of sp³-hybridized carbons (Fsp3) is 0.818. The minimum Gasteiger partial charge on any atom is -0.339 e. The third-order valence-electron chi connectivity index (χ3n) is 3.26. The van der Waals surface area contributed by atoms with Gasteiger partial charge >= 0.3 is 0 Å². The first-order valence-corrected chi connectivity index (χ1v) is 5.47. The second-order valence-corrected chi connectivity index (χ2v) is 4.92. The normalized spacial score (nSPS) is 32.7. The molecule has 0 N–H and O–H groups in total. The van der Waals surface area contributed by atoms with Crippen LogP contribution in [0.3, 0.4) is 0 Å². The monoisotopic (exact) mass is 213 g/mol. The predicted molar refractivity (Wildman–Crippen MR) is 53.1 cm³/mol. The molecule has 15 heavy (non-hydrogen) atoms. The molecular weight excluding hydrogens is 197 g/mol. The van der Waals surface area contributed by atoms with Gasteiger partial charge < -0.3 is 4.90 Å². The lowest BCUT2D eigenvalue weighted by molar-refractivity contribution is -0.147. The first-order chi connectivity index (χ1) is 6.98. The van der Waals surface area contributed by atoms with Gasteiger partial charge in [-0.2, -0.15) is 0 Å². The van der Waals surface area contributed by atoms with Gasteiger partial charge in [0, 0.05) is 19.4 Å². The van der Waals surface area contributed by atoms with E-state index in [1.807, 2.05) is 0 Å². The number of rotatable bonds is 1. The average Bonchev–Trinajstić information content (AvgIpc) is 2.10. The van der Waals surface area contributed by atoms with Crippen LogP contribution in [0, 0.1) is 5.92 Å². The fourth-order valence-electron chi connectivity index (χ4n) is 2.31. The Bertz CT molecular complexity index is 293. The third-order valence-corrected chi connectivity index (χ3v) is 3.26. The van der Waals surface area contributed by atoms with Crippen molar-refractivity contribution in [3.8, 4) is 0 Å². The summed E-state index contributed by atoms with van der Waals surface area (Å²) in [6.07, 6.45) is 1.97. The van der Waals surface area contributed by atoms with Crippen LogP contribution < -0.4 is 0 Å². The van der Waals surface area contributed by atoms with Crippen LogP contribution in [-0.4, -0.2) is 35.3 Å². The number of Topliss-reactive ketones (excluding diaryl/α,β-unsaturated/α-hetero) is 1. The van der Waals surface area contributed by atoms with E-state index in [-0.39, 0.29) is 24.2 Å². The largest absolute Gasteiger partial charge is 0.339 e. The number of carbonyl (C=O) groups excluding carboxylic acids is 2. The number of likely N-dealkylation sites (tertiary alicyclic amines) is 1. The minimum atomic E-state index is -1.25. The molecule has 4 heteroatoms. The molecule has 0 bridgehead atoms. The maximum atomic E-state index is 13.7. The lowest BCUT2D eigenvalue weighted by atomic mass is 9.82. The Morgan fingerprint density at radius 2 is 2.20 bits per heavy atom. The van der Waals surface area contributed by atoms with E-state index >= 15 is 0 Å². The van der Waals surface area contributed by atoms with Gasteiger partial charge in [-0.3, -0.25) is 9.59 Å². The summed E-state index contributed by atoms with van der Waals surface area (Å²) in [7, 11) is 0. The van der Waals surface area contributed by atoms with E-state index in [4.69, 9.17) is 0 Å². The van der Waals surface area contributed by atoms with Crippen molar-refractivity contribution in [3.63, 3.8) is 0 Å². The molecule has 1 saturated carbocycles. The number of piperidine rings is 1. The number of ketones is 1. The molecule has 3 nitrogen and oxygen atoms in total. The highest BCUT2D eigenvalue weighted by Crippen LogP contribution is 2.30. The minimum absolute atomic E-state index is 0.0295. The quantitative estimate of drug-likeness (QED) is 0.658. The predicted octanol–water partition coefficient (Wildman–Crippen LogP) is 1.32. The highest BCUT2D eigenvalue weighted by molar-refractivity contribution is 5.96. The fourth-order valence-corrected chi connectivity index (χ4v) is 2.31. The highest BCUT2D eigenvalue weighted by Gasteiger charge is 2.39. The zero-order valence-corrected chi connectivity index (χ0v) is 8.96. The Kier molecular flexibility index (Phi) is 2.52. The second-order valence-electron chi connectivity index (χ2n) is 4.92. The van der Waals surface area contributed by atoms with E-state index in [0.29, 0.717) is 25.8 Å². The standard InChI is InChI=1S/C11H16FNO2/c1-11(12)3-2-4-13(7-11)10(15)8-5-9(14)6-8/h8H,2-7H2,1H3/t11-/m0/s1. The first kappa shape index (κ1) is 10.6. The summed E-state index contributed by atoms with van der Waals surface area (Å²) in [6, 6.07) is 0. The van der Waals surface area contributed by atoms with E-state index < -0.39 is 5.67 Å². The summed E-state index contributed by atoms with van der Waals surface area (Å²) in [5.74, 6) is -0.0436. The van der Waals surface area contributed by atoms with Crippen molar-refractivity contribution in [3.05, 3.63) is 0 Å². The second kappa shape index (κ2) is 3.58. The van der Waals surface area contributed by atoms with Gasteiger partial charge in [0.2, 0.25) is 5.91 Å². The van der Waals surface area contributed by atoms with Crippen LogP contribution in [-0.2, 0) is 9.59 Å². The van der Waals surface area contributed by atoms with E-state index in [9.17, 15) is 14.0 Å². The number of halogens is 1. The van der Waals surface area contributed by atoms with E-state index in [0.717, 1.165) is 6.42 Å². The third kappa shape index (κ3) is 2.19. The molecular formula is C11H16FNO2. The topological polar surface area (TPSA) is 37.4 Å². The van der Waals surface area contributed by atoms with Crippen LogP contribution in [0.2, 0.25) is 0 Å². The molecule has 1 atom stereocenters. The molecule has 1 aliphatic heterocycles. The van der Waals surface area contributed by atoms with Crippen LogP contribution in [0.1, 0.15) is 32.6 Å². The Labute approximate surface area is 88.6 Å². The molecule has 84 valence electrons. The van der Waals surface area contributed by atoms with Crippen LogP contribution in [0.5, 0.6) is 0 Å². The SMILES string of the molecule is C[C@]1(F)CCCN(C(=O)C2CC(=O)C2)C1. The van der Waals surface area contributed by atoms with E-state index in [1.54, 1.807) is 11.8 Å². The van der Waals surface area contributed by atoms with Crippen LogP contribution >= 0.6 is 0 Å². The summed E-state index contributed by atoms with van der Waals surface area (Å²) >= 11 is 0. The van der Waals surface area contributed by atoms with Crippen molar-refractivity contribution in [2.75, 3.05) is 13.1 Å². The van der Waals surface area contributed by atoms with Gasteiger partial charge in [-0.05, 0) is 19.8 Å². The number of alkyl halides is 1. The van der Waals surface area contributed by atoms with Gasteiger partial charge in [-0.15, -0.1) is 0 Å². The van der Waals surface area contributed by atoms with Crippen molar-refractivity contribution in [2.24, 2.45) is 5.92 Å². The van der Waals surface area contributed by atoms with Crippen LogP contribution in [0.4, 0.5) is 4.39 Å². The lowest BCUT2D eigenvalue weighted by Crippen LogP contribution is -2.50. The molecule has 2 rings (SSSR count). The van der Waals surface area contributed by atoms with Crippen molar-refractivity contribution >= 4 is 11.7 Å². The van der Waals surface area contributed by atoms with Crippen molar-refractivity contribution in [1.82, 2.24) is 4.90 Å². The zero-order valence-electron chi connectivity index (χ0n) is 8.96. The maximum Gasteiger partial charge on any atom is 0.226 e. The van der Waals surface area contributed by atoms with Crippen molar-refractivity contribution in [2.45, 2.75) is 38.3 Å². The molecule has 0 aromatic rings. The number of amides is 1. The molecule has 2 fully saturated rings. The van der Waals surface area contributed by atoms with Gasteiger partial charge in [0.25, 0.3) is 0 Å². The molecule has 0 spiro atoms. The Morgan fingerprint density at radius 3 is 2.73 bits per heavy atom. The summed E-state index contributed by atoms with van der Waals surface area (Å²) in [6.45, 7) is 2.37. The van der Waals surface area contributed by atoms with Gasteiger partial charge in [0.15, 0.2) is 0 Å². The number of carbonyl (C=O) groups is 2. The number of nitrogens with zero attached hydrogens (tertiary/aromatic N) is 1. The first-order valence-electron chi connectivity index (χ1n) is 5.47. The maximum absolute atomic E-state index is 13.7. The highest BCUT2D eigenvalue weighted by atomic mass is 19.1. The molecule has 0 aromatic heterocycles. The molecule has 0 unspecified atom stereocenters. The smallest absolute Gasteiger partial charge is 0.226 e. The van der Waals surface area contributed by atoms with Crippen LogP contribution in [0.15, 0.2) is 0 Å². The molecule has 0 radical (unpaired) electrons. The Hall–Kier alpha value is -0.930. The lowest BCUT2D eigenvalue weighted by Gasteiger charge is -2.38. The summed E-state index contributed by atoms with van der Waals surface area (Å²) < 4.78 is 13.7. The molecule has 1 aliphatic carbocycles. The Balaban J connectivity index is 1.93. The number of hydrogen-bond donors (Lipinski definition) is 0. The van der Waals surface area contributed by atoms with Gasteiger partial charge in [0.1, 0.15) is 11.5 Å². The molecule has 1 saturated heterocycles. The Morgan fingerprint density at radius 1 is 1.53 bits per heavy atom.